The Hall–Kier alpha value is -2.69. The molecule has 3 aromatic rings. The third-order valence-electron chi connectivity index (χ3n) is 3.77. The lowest BCUT2D eigenvalue weighted by Gasteiger charge is -2.13. The summed E-state index contributed by atoms with van der Waals surface area (Å²) in [7, 11) is 0. The minimum Gasteiger partial charge on any atom is -0.487 e. The van der Waals surface area contributed by atoms with Gasteiger partial charge in [0, 0.05) is 5.02 Å². The molecule has 2 N–H and O–H groups in total. The number of amides is 1. The average Bonchev–Trinajstić information content (AvgIpc) is 2.67. The second-order valence-corrected chi connectivity index (χ2v) is 6.64. The fourth-order valence-electron chi connectivity index (χ4n) is 2.43. The van der Waals surface area contributed by atoms with Crippen LogP contribution in [0.2, 0.25) is 10.0 Å². The normalized spacial score (nSPS) is 10.3. The van der Waals surface area contributed by atoms with Crippen LogP contribution in [-0.4, -0.2) is 12.5 Å². The number of halogens is 2. The van der Waals surface area contributed by atoms with Crippen molar-refractivity contribution in [1.82, 2.24) is 0 Å². The molecular weight excluding hydrogens is 383 g/mol. The molecule has 0 fully saturated rings. The number of hydrogen-bond donors (Lipinski definition) is 2. The number of rotatable bonds is 7. The molecule has 3 aromatic carbocycles. The summed E-state index contributed by atoms with van der Waals surface area (Å²) in [6, 6.07) is 22.2. The van der Waals surface area contributed by atoms with Crippen LogP contribution < -0.4 is 15.4 Å². The van der Waals surface area contributed by atoms with E-state index >= 15 is 0 Å². The minimum atomic E-state index is -0.211. The van der Waals surface area contributed by atoms with Gasteiger partial charge in [0.1, 0.15) is 12.4 Å². The molecule has 0 aliphatic carbocycles. The lowest BCUT2D eigenvalue weighted by Crippen LogP contribution is -2.22. The Morgan fingerprint density at radius 2 is 1.63 bits per heavy atom. The zero-order valence-electron chi connectivity index (χ0n) is 14.4. The standard InChI is InChI=1S/C21H18Cl2N2O2/c22-16-10-11-18(17(23)12-16)24-13-21(26)25-19-8-4-5-9-20(19)27-14-15-6-2-1-3-7-15/h1-12,24H,13-14H2,(H,25,26). The largest absolute Gasteiger partial charge is 0.487 e. The number of para-hydroxylation sites is 2. The summed E-state index contributed by atoms with van der Waals surface area (Å²) in [5.74, 6) is 0.399. The van der Waals surface area contributed by atoms with E-state index in [0.29, 0.717) is 33.8 Å². The van der Waals surface area contributed by atoms with Crippen molar-refractivity contribution in [3.63, 3.8) is 0 Å². The minimum absolute atomic E-state index is 0.0639. The molecule has 0 saturated heterocycles. The van der Waals surface area contributed by atoms with Gasteiger partial charge in [0.25, 0.3) is 0 Å². The molecular formula is C21H18Cl2N2O2. The van der Waals surface area contributed by atoms with Crippen molar-refractivity contribution in [2.75, 3.05) is 17.2 Å². The van der Waals surface area contributed by atoms with Crippen molar-refractivity contribution in [1.29, 1.82) is 0 Å². The molecule has 6 heteroatoms. The highest BCUT2D eigenvalue weighted by Crippen LogP contribution is 2.26. The second kappa shape index (κ2) is 9.31. The van der Waals surface area contributed by atoms with Crippen LogP contribution in [0.5, 0.6) is 5.75 Å². The van der Waals surface area contributed by atoms with Crippen molar-refractivity contribution < 1.29 is 9.53 Å². The molecule has 1 amide bonds. The number of hydrogen-bond acceptors (Lipinski definition) is 3. The molecule has 138 valence electrons. The topological polar surface area (TPSA) is 50.4 Å². The molecule has 0 aliphatic rings. The summed E-state index contributed by atoms with van der Waals surface area (Å²) in [5, 5.41) is 6.85. The number of carbonyl (C=O) groups excluding carboxylic acids is 1. The van der Waals surface area contributed by atoms with Crippen molar-refractivity contribution in [3.05, 3.63) is 88.4 Å². The molecule has 0 saturated carbocycles. The maximum atomic E-state index is 12.3. The lowest BCUT2D eigenvalue weighted by molar-refractivity contribution is -0.114. The third kappa shape index (κ3) is 5.64. The smallest absolute Gasteiger partial charge is 0.243 e. The molecule has 0 heterocycles. The van der Waals surface area contributed by atoms with Gasteiger partial charge in [-0.1, -0.05) is 65.7 Å². The fourth-order valence-corrected chi connectivity index (χ4v) is 2.91. The van der Waals surface area contributed by atoms with E-state index in [1.165, 1.54) is 0 Å². The second-order valence-electron chi connectivity index (χ2n) is 5.80. The van der Waals surface area contributed by atoms with E-state index in [4.69, 9.17) is 27.9 Å². The van der Waals surface area contributed by atoms with Gasteiger partial charge in [0.2, 0.25) is 5.91 Å². The highest BCUT2D eigenvalue weighted by atomic mass is 35.5. The first kappa shape index (κ1) is 19.1. The first-order chi connectivity index (χ1) is 13.1. The first-order valence-corrected chi connectivity index (χ1v) is 9.12. The number of nitrogens with one attached hydrogen (secondary N) is 2. The molecule has 0 bridgehead atoms. The molecule has 0 aliphatic heterocycles. The predicted octanol–water partition coefficient (Wildman–Crippen LogP) is 5.62. The van der Waals surface area contributed by atoms with Crippen molar-refractivity contribution in [3.8, 4) is 5.75 Å². The Labute approximate surface area is 168 Å². The zero-order valence-corrected chi connectivity index (χ0v) is 15.9. The molecule has 27 heavy (non-hydrogen) atoms. The van der Waals surface area contributed by atoms with Crippen LogP contribution in [0, 0.1) is 0 Å². The van der Waals surface area contributed by atoms with Gasteiger partial charge in [-0.25, -0.2) is 0 Å². The predicted molar refractivity (Wildman–Crippen MR) is 111 cm³/mol. The number of carbonyl (C=O) groups is 1. The van der Waals surface area contributed by atoms with Crippen LogP contribution >= 0.6 is 23.2 Å². The number of benzene rings is 3. The maximum absolute atomic E-state index is 12.3. The monoisotopic (exact) mass is 400 g/mol. The summed E-state index contributed by atoms with van der Waals surface area (Å²) >= 11 is 12.0. The van der Waals surface area contributed by atoms with E-state index in [0.717, 1.165) is 5.56 Å². The van der Waals surface area contributed by atoms with E-state index in [2.05, 4.69) is 10.6 Å². The Bertz CT molecular complexity index is 917. The van der Waals surface area contributed by atoms with Crippen LogP contribution in [0.15, 0.2) is 72.8 Å². The van der Waals surface area contributed by atoms with Crippen molar-refractivity contribution in [2.45, 2.75) is 6.61 Å². The van der Waals surface area contributed by atoms with Gasteiger partial charge in [-0.05, 0) is 35.9 Å². The zero-order chi connectivity index (χ0) is 19.1. The lowest BCUT2D eigenvalue weighted by atomic mass is 10.2. The Balaban J connectivity index is 1.59. The summed E-state index contributed by atoms with van der Waals surface area (Å²) < 4.78 is 5.85. The van der Waals surface area contributed by atoms with Gasteiger partial charge < -0.3 is 15.4 Å². The molecule has 0 radical (unpaired) electrons. The quantitative estimate of drug-likeness (QED) is 0.540. The summed E-state index contributed by atoms with van der Waals surface area (Å²) in [5.41, 5.74) is 2.31. The molecule has 0 atom stereocenters. The van der Waals surface area contributed by atoms with Gasteiger partial charge in [-0.2, -0.15) is 0 Å². The van der Waals surface area contributed by atoms with E-state index < -0.39 is 0 Å². The third-order valence-corrected chi connectivity index (χ3v) is 4.32. The SMILES string of the molecule is O=C(CNc1ccc(Cl)cc1Cl)Nc1ccccc1OCc1ccccc1. The molecule has 4 nitrogen and oxygen atoms in total. The number of anilines is 2. The summed E-state index contributed by atoms with van der Waals surface area (Å²) in [6.07, 6.45) is 0. The van der Waals surface area contributed by atoms with E-state index in [-0.39, 0.29) is 12.5 Å². The van der Waals surface area contributed by atoms with Gasteiger partial charge in [-0.3, -0.25) is 4.79 Å². The van der Waals surface area contributed by atoms with E-state index in [9.17, 15) is 4.79 Å². The molecule has 3 rings (SSSR count). The number of ether oxygens (including phenoxy) is 1. The Morgan fingerprint density at radius 3 is 2.41 bits per heavy atom. The van der Waals surface area contributed by atoms with Crippen LogP contribution in [0.1, 0.15) is 5.56 Å². The summed E-state index contributed by atoms with van der Waals surface area (Å²) in [6.45, 7) is 0.487. The van der Waals surface area contributed by atoms with Gasteiger partial charge in [0.15, 0.2) is 0 Å². The van der Waals surface area contributed by atoms with Gasteiger partial charge in [0.05, 0.1) is 22.9 Å². The van der Waals surface area contributed by atoms with Crippen molar-refractivity contribution in [2.24, 2.45) is 0 Å². The van der Waals surface area contributed by atoms with E-state index in [1.807, 2.05) is 48.5 Å². The van der Waals surface area contributed by atoms with Crippen LogP contribution in [0.3, 0.4) is 0 Å². The maximum Gasteiger partial charge on any atom is 0.243 e. The molecule has 0 aromatic heterocycles. The van der Waals surface area contributed by atoms with Gasteiger partial charge in [-0.15, -0.1) is 0 Å². The average molecular weight is 401 g/mol. The Kier molecular flexibility index (Phi) is 6.58. The highest BCUT2D eigenvalue weighted by molar-refractivity contribution is 6.36. The van der Waals surface area contributed by atoms with Crippen LogP contribution in [-0.2, 0) is 11.4 Å². The summed E-state index contributed by atoms with van der Waals surface area (Å²) in [4.78, 5) is 12.3. The van der Waals surface area contributed by atoms with E-state index in [1.54, 1.807) is 24.3 Å². The Morgan fingerprint density at radius 1 is 0.889 bits per heavy atom. The molecule has 0 unspecified atom stereocenters. The first-order valence-electron chi connectivity index (χ1n) is 8.36. The van der Waals surface area contributed by atoms with Gasteiger partial charge >= 0.3 is 0 Å². The fraction of sp³-hybridized carbons (Fsp3) is 0.0952. The van der Waals surface area contributed by atoms with Crippen molar-refractivity contribution >= 4 is 40.5 Å². The van der Waals surface area contributed by atoms with Crippen LogP contribution in [0.25, 0.3) is 0 Å². The van der Waals surface area contributed by atoms with Crippen LogP contribution in [0.4, 0.5) is 11.4 Å². The molecule has 0 spiro atoms. The highest BCUT2D eigenvalue weighted by Gasteiger charge is 2.09.